The molecule has 0 bridgehead atoms. The van der Waals surface area contributed by atoms with E-state index in [-0.39, 0.29) is 22.3 Å². The number of nitrogens with one attached hydrogen (secondary N) is 1. The number of benzene rings is 2. The second kappa shape index (κ2) is 11.4. The molecule has 0 saturated carbocycles. The molecule has 1 atom stereocenters. The van der Waals surface area contributed by atoms with Crippen LogP contribution < -0.4 is 19.5 Å². The number of anilines is 1. The molecule has 11 heteroatoms. The number of fused-ring (bicyclic) bond motifs is 1. The molecule has 2 aliphatic heterocycles. The van der Waals surface area contributed by atoms with Gasteiger partial charge >= 0.3 is 5.97 Å². The van der Waals surface area contributed by atoms with Crippen molar-refractivity contribution in [3.63, 3.8) is 0 Å². The predicted octanol–water partition coefficient (Wildman–Crippen LogP) is 4.06. The molecular formula is C27H27N3O7S. The number of esters is 1. The Morgan fingerprint density at radius 3 is 2.42 bits per heavy atom. The number of carbonyl (C=O) groups excluding carboxylic acids is 3. The molecule has 10 nitrogen and oxygen atoms in total. The summed E-state index contributed by atoms with van der Waals surface area (Å²) in [5, 5.41) is 3.03. The molecule has 2 aliphatic rings. The molecule has 0 aromatic heterocycles. The number of amides is 2. The van der Waals surface area contributed by atoms with Gasteiger partial charge in [-0.1, -0.05) is 12.1 Å². The van der Waals surface area contributed by atoms with Gasteiger partial charge in [0.25, 0.3) is 11.8 Å². The number of hydrogen-bond acceptors (Lipinski definition) is 9. The number of aliphatic imine (C=N–C) groups is 1. The van der Waals surface area contributed by atoms with Gasteiger partial charge in [-0.15, -0.1) is 0 Å². The normalized spacial score (nSPS) is 16.7. The maximum Gasteiger partial charge on any atom is 0.338 e. The third kappa shape index (κ3) is 5.10. The second-order valence-electron chi connectivity index (χ2n) is 8.10. The SMILES string of the molecule is CCOC(=O)C1=C(C)N=C2SC(C(=O)Nc3ccc(OC)cc3)=CC(=O)N2C1c1cccc(OC)c1OC. The first-order valence-electron chi connectivity index (χ1n) is 11.7. The van der Waals surface area contributed by atoms with Crippen molar-refractivity contribution in [2.75, 3.05) is 33.3 Å². The molecule has 2 heterocycles. The molecule has 2 aromatic rings. The van der Waals surface area contributed by atoms with E-state index < -0.39 is 23.8 Å². The third-order valence-corrected chi connectivity index (χ3v) is 6.87. The highest BCUT2D eigenvalue weighted by atomic mass is 32.2. The lowest BCUT2D eigenvalue weighted by atomic mass is 9.93. The summed E-state index contributed by atoms with van der Waals surface area (Å²) in [6.07, 6.45) is 1.23. The van der Waals surface area contributed by atoms with E-state index >= 15 is 0 Å². The van der Waals surface area contributed by atoms with Gasteiger partial charge in [0.1, 0.15) is 11.8 Å². The molecule has 38 heavy (non-hydrogen) atoms. The van der Waals surface area contributed by atoms with Crippen molar-refractivity contribution in [1.82, 2.24) is 4.90 Å². The standard InChI is InChI=1S/C27H27N3O7S/c1-6-37-26(33)22-15(2)28-27-30(23(22)18-8-7-9-19(35-4)24(18)36-5)21(31)14-20(38-27)25(32)29-16-10-12-17(34-3)13-11-16/h7-14,23H,6H2,1-5H3,(H,29,32). The zero-order chi connectivity index (χ0) is 27.4. The maximum absolute atomic E-state index is 13.6. The highest BCUT2D eigenvalue weighted by Crippen LogP contribution is 2.46. The van der Waals surface area contributed by atoms with E-state index in [9.17, 15) is 14.4 Å². The molecule has 2 aromatic carbocycles. The molecule has 0 fully saturated rings. The topological polar surface area (TPSA) is 116 Å². The summed E-state index contributed by atoms with van der Waals surface area (Å²) in [7, 11) is 4.53. The molecule has 2 amide bonds. The van der Waals surface area contributed by atoms with Gasteiger partial charge in [-0.05, 0) is 55.9 Å². The number of ether oxygens (including phenoxy) is 4. The molecular weight excluding hydrogens is 510 g/mol. The van der Waals surface area contributed by atoms with E-state index in [1.807, 2.05) is 0 Å². The van der Waals surface area contributed by atoms with E-state index in [1.54, 1.807) is 63.4 Å². The van der Waals surface area contributed by atoms with Gasteiger partial charge < -0.3 is 24.3 Å². The number of hydrogen-bond donors (Lipinski definition) is 1. The second-order valence-corrected chi connectivity index (χ2v) is 9.11. The number of rotatable bonds is 8. The highest BCUT2D eigenvalue weighted by Gasteiger charge is 2.44. The average Bonchev–Trinajstić information content (AvgIpc) is 2.92. The number of methoxy groups -OCH3 is 3. The summed E-state index contributed by atoms with van der Waals surface area (Å²) in [5.41, 5.74) is 1.60. The van der Waals surface area contributed by atoms with Crippen LogP contribution in [0.2, 0.25) is 0 Å². The van der Waals surface area contributed by atoms with E-state index in [4.69, 9.17) is 18.9 Å². The summed E-state index contributed by atoms with van der Waals surface area (Å²) >= 11 is 1.03. The number of carbonyl (C=O) groups is 3. The fourth-order valence-corrected chi connectivity index (χ4v) is 5.14. The Kier molecular flexibility index (Phi) is 8.06. The van der Waals surface area contributed by atoms with Crippen LogP contribution in [-0.2, 0) is 19.1 Å². The minimum atomic E-state index is -0.922. The van der Waals surface area contributed by atoms with Crippen molar-refractivity contribution in [2.45, 2.75) is 19.9 Å². The highest BCUT2D eigenvalue weighted by molar-refractivity contribution is 8.18. The van der Waals surface area contributed by atoms with E-state index in [0.717, 1.165) is 11.8 Å². The average molecular weight is 538 g/mol. The lowest BCUT2D eigenvalue weighted by Gasteiger charge is -2.38. The summed E-state index contributed by atoms with van der Waals surface area (Å²) in [6.45, 7) is 3.51. The Balaban J connectivity index is 1.76. The minimum Gasteiger partial charge on any atom is -0.497 e. The van der Waals surface area contributed by atoms with Gasteiger partial charge in [0.15, 0.2) is 16.7 Å². The minimum absolute atomic E-state index is 0.145. The zero-order valence-electron chi connectivity index (χ0n) is 21.6. The van der Waals surface area contributed by atoms with Gasteiger partial charge in [-0.2, -0.15) is 0 Å². The van der Waals surface area contributed by atoms with Gasteiger partial charge in [0.2, 0.25) is 0 Å². The van der Waals surface area contributed by atoms with Crippen LogP contribution in [0.3, 0.4) is 0 Å². The third-order valence-electron chi connectivity index (χ3n) is 5.88. The molecule has 0 aliphatic carbocycles. The summed E-state index contributed by atoms with van der Waals surface area (Å²) in [4.78, 5) is 45.7. The van der Waals surface area contributed by atoms with E-state index in [1.165, 1.54) is 25.2 Å². The van der Waals surface area contributed by atoms with Crippen LogP contribution in [0.5, 0.6) is 17.2 Å². The smallest absolute Gasteiger partial charge is 0.338 e. The van der Waals surface area contributed by atoms with Gasteiger partial charge in [-0.25, -0.2) is 9.79 Å². The van der Waals surface area contributed by atoms with Crippen molar-refractivity contribution in [2.24, 2.45) is 4.99 Å². The van der Waals surface area contributed by atoms with Crippen molar-refractivity contribution in [3.8, 4) is 17.2 Å². The Morgan fingerprint density at radius 1 is 1.05 bits per heavy atom. The monoisotopic (exact) mass is 537 g/mol. The van der Waals surface area contributed by atoms with Crippen LogP contribution in [0.1, 0.15) is 25.5 Å². The van der Waals surface area contributed by atoms with E-state index in [2.05, 4.69) is 10.3 Å². The number of para-hydroxylation sites is 1. The predicted molar refractivity (Wildman–Crippen MR) is 143 cm³/mol. The molecule has 0 saturated heterocycles. The first-order chi connectivity index (χ1) is 18.3. The Labute approximate surface area is 224 Å². The van der Waals surface area contributed by atoms with Crippen LogP contribution in [-0.4, -0.2) is 55.8 Å². The quantitative estimate of drug-likeness (QED) is 0.502. The lowest BCUT2D eigenvalue weighted by molar-refractivity contribution is -0.139. The number of thioether (sulfide) groups is 1. The fourth-order valence-electron chi connectivity index (χ4n) is 4.17. The summed E-state index contributed by atoms with van der Waals surface area (Å²) in [5.74, 6) is -0.152. The van der Waals surface area contributed by atoms with Gasteiger partial charge in [0, 0.05) is 17.3 Å². The Morgan fingerprint density at radius 2 is 1.79 bits per heavy atom. The zero-order valence-corrected chi connectivity index (χ0v) is 22.4. The Bertz CT molecular complexity index is 1370. The Hall–Kier alpha value is -4.25. The van der Waals surface area contributed by atoms with Crippen molar-refractivity contribution >= 4 is 40.4 Å². The van der Waals surface area contributed by atoms with Gasteiger partial charge in [-0.3, -0.25) is 14.5 Å². The van der Waals surface area contributed by atoms with Gasteiger partial charge in [0.05, 0.1) is 44.1 Å². The van der Waals surface area contributed by atoms with Crippen molar-refractivity contribution in [3.05, 3.63) is 70.3 Å². The molecule has 198 valence electrons. The van der Waals surface area contributed by atoms with E-state index in [0.29, 0.717) is 34.2 Å². The first kappa shape index (κ1) is 26.8. The maximum atomic E-state index is 13.6. The molecule has 0 spiro atoms. The molecule has 0 radical (unpaired) electrons. The number of allylic oxidation sites excluding steroid dienone is 1. The van der Waals surface area contributed by atoms with Crippen LogP contribution in [0.15, 0.2) is 69.7 Å². The van der Waals surface area contributed by atoms with Crippen molar-refractivity contribution < 1.29 is 33.3 Å². The lowest BCUT2D eigenvalue weighted by Crippen LogP contribution is -2.45. The first-order valence-corrected chi connectivity index (χ1v) is 12.5. The summed E-state index contributed by atoms with van der Waals surface area (Å²) < 4.78 is 21.5. The number of nitrogens with zero attached hydrogens (tertiary/aromatic N) is 2. The fraction of sp³-hybridized carbons (Fsp3) is 0.259. The van der Waals surface area contributed by atoms with Crippen LogP contribution in [0.4, 0.5) is 5.69 Å². The van der Waals surface area contributed by atoms with Crippen LogP contribution in [0.25, 0.3) is 0 Å². The number of amidine groups is 1. The van der Waals surface area contributed by atoms with Crippen LogP contribution >= 0.6 is 11.8 Å². The van der Waals surface area contributed by atoms with Crippen LogP contribution in [0, 0.1) is 0 Å². The molecule has 1 unspecified atom stereocenters. The largest absolute Gasteiger partial charge is 0.497 e. The molecule has 1 N–H and O–H groups in total. The molecule has 4 rings (SSSR count). The van der Waals surface area contributed by atoms with Crippen molar-refractivity contribution in [1.29, 1.82) is 0 Å². The summed E-state index contributed by atoms with van der Waals surface area (Å²) in [6, 6.07) is 11.1.